The van der Waals surface area contributed by atoms with Crippen LogP contribution >= 0.6 is 0 Å². The Kier molecular flexibility index (Phi) is 3.01. The molecule has 0 atom stereocenters. The Bertz CT molecular complexity index is 1060. The van der Waals surface area contributed by atoms with Crippen molar-refractivity contribution in [1.29, 1.82) is 5.41 Å². The Morgan fingerprint density at radius 1 is 0.913 bits per heavy atom. The van der Waals surface area contributed by atoms with E-state index in [9.17, 15) is 4.39 Å². The van der Waals surface area contributed by atoms with Crippen molar-refractivity contribution < 1.29 is 8.81 Å². The molecule has 0 bridgehead atoms. The summed E-state index contributed by atoms with van der Waals surface area (Å²) >= 11 is 0. The maximum Gasteiger partial charge on any atom is 0.137 e. The van der Waals surface area contributed by atoms with Gasteiger partial charge in [-0.2, -0.15) is 0 Å². The van der Waals surface area contributed by atoms with Crippen LogP contribution in [0.4, 0.5) is 4.39 Å². The first-order valence-corrected chi connectivity index (χ1v) is 7.40. The molecule has 0 fully saturated rings. The van der Waals surface area contributed by atoms with Crippen LogP contribution in [-0.4, -0.2) is 0 Å². The molecule has 0 spiro atoms. The molecule has 2 aliphatic rings. The van der Waals surface area contributed by atoms with E-state index in [1.165, 1.54) is 6.07 Å². The Morgan fingerprint density at radius 2 is 1.74 bits per heavy atom. The number of hydrogen-bond donors (Lipinski definition) is 1. The lowest BCUT2D eigenvalue weighted by atomic mass is 9.93. The summed E-state index contributed by atoms with van der Waals surface area (Å²) in [5, 5.41) is 9.05. The van der Waals surface area contributed by atoms with Gasteiger partial charge in [-0.15, -0.1) is 0 Å². The summed E-state index contributed by atoms with van der Waals surface area (Å²) in [5.74, 6) is 0.325. The van der Waals surface area contributed by atoms with Crippen LogP contribution < -0.4 is 5.36 Å². The fraction of sp³-hybridized carbons (Fsp3) is 0.0500. The summed E-state index contributed by atoms with van der Waals surface area (Å²) in [4.78, 5) is 0. The van der Waals surface area contributed by atoms with E-state index < -0.39 is 0 Å². The Labute approximate surface area is 132 Å². The van der Waals surface area contributed by atoms with Gasteiger partial charge < -0.3 is 9.83 Å². The summed E-state index contributed by atoms with van der Waals surface area (Å²) in [6.07, 6.45) is 0. The predicted octanol–water partition coefficient (Wildman–Crippen LogP) is 5.13. The number of rotatable bonds is 1. The van der Waals surface area contributed by atoms with E-state index in [1.54, 1.807) is 24.3 Å². The number of halogens is 1. The highest BCUT2D eigenvalue weighted by atomic mass is 19.1. The van der Waals surface area contributed by atoms with Gasteiger partial charge in [0.05, 0.1) is 5.36 Å². The van der Waals surface area contributed by atoms with Crippen LogP contribution in [0.15, 0.2) is 65.1 Å². The molecule has 2 nitrogen and oxygen atoms in total. The average Bonchev–Trinajstić information content (AvgIpc) is 2.53. The van der Waals surface area contributed by atoms with E-state index in [0.717, 1.165) is 22.1 Å². The van der Waals surface area contributed by atoms with Gasteiger partial charge in [0.15, 0.2) is 0 Å². The molecular weight excluding hydrogens is 289 g/mol. The van der Waals surface area contributed by atoms with Gasteiger partial charge in [-0.1, -0.05) is 30.3 Å². The summed E-state index contributed by atoms with van der Waals surface area (Å²) in [6, 6.07) is 17.8. The van der Waals surface area contributed by atoms with E-state index >= 15 is 0 Å². The summed E-state index contributed by atoms with van der Waals surface area (Å²) in [7, 11) is 0. The molecule has 0 saturated heterocycles. The molecule has 0 amide bonds. The first kappa shape index (κ1) is 13.7. The van der Waals surface area contributed by atoms with Crippen molar-refractivity contribution in [2.45, 2.75) is 6.92 Å². The Morgan fingerprint density at radius 3 is 2.57 bits per heavy atom. The Balaban J connectivity index is 2.23. The van der Waals surface area contributed by atoms with Gasteiger partial charge in [0.25, 0.3) is 0 Å². The van der Waals surface area contributed by atoms with Crippen molar-refractivity contribution >= 4 is 11.0 Å². The second kappa shape index (κ2) is 5.06. The average molecular weight is 303 g/mol. The SMILES string of the molecule is Cc1ccc2c(-c3ccccc3F)c3ccc(=N)cc-3oc2c1. The summed E-state index contributed by atoms with van der Waals surface area (Å²) in [5.41, 5.74) is 3.92. The van der Waals surface area contributed by atoms with Gasteiger partial charge in [-0.25, -0.2) is 4.39 Å². The van der Waals surface area contributed by atoms with Crippen LogP contribution in [0.5, 0.6) is 0 Å². The third-order valence-corrected chi connectivity index (χ3v) is 4.02. The highest BCUT2D eigenvalue weighted by Crippen LogP contribution is 2.40. The number of fused-ring (bicyclic) bond motifs is 2. The van der Waals surface area contributed by atoms with Crippen molar-refractivity contribution in [3.8, 4) is 22.5 Å². The number of benzene rings is 3. The number of aryl methyl sites for hydroxylation is 1. The minimum Gasteiger partial charge on any atom is -0.456 e. The van der Waals surface area contributed by atoms with Crippen LogP contribution in [0, 0.1) is 18.2 Å². The fourth-order valence-corrected chi connectivity index (χ4v) is 2.95. The zero-order valence-electron chi connectivity index (χ0n) is 12.6. The van der Waals surface area contributed by atoms with Crippen LogP contribution in [-0.2, 0) is 0 Å². The topological polar surface area (TPSA) is 37.0 Å². The minimum atomic E-state index is -0.267. The van der Waals surface area contributed by atoms with Crippen molar-refractivity contribution in [2.24, 2.45) is 0 Å². The smallest absolute Gasteiger partial charge is 0.137 e. The van der Waals surface area contributed by atoms with E-state index in [1.807, 2.05) is 37.3 Å². The number of nitrogens with one attached hydrogen (secondary N) is 1. The van der Waals surface area contributed by atoms with E-state index in [-0.39, 0.29) is 5.82 Å². The molecule has 0 radical (unpaired) electrons. The lowest BCUT2D eigenvalue weighted by Gasteiger charge is -2.16. The Hall–Kier alpha value is -2.94. The third-order valence-electron chi connectivity index (χ3n) is 4.02. The summed E-state index contributed by atoms with van der Waals surface area (Å²) in [6.45, 7) is 1.99. The van der Waals surface area contributed by atoms with E-state index in [2.05, 4.69) is 0 Å². The molecule has 0 unspecified atom stereocenters. The lowest BCUT2D eigenvalue weighted by Crippen LogP contribution is -2.00. The first-order chi connectivity index (χ1) is 11.1. The predicted molar refractivity (Wildman–Crippen MR) is 88.8 cm³/mol. The normalized spacial score (nSPS) is 11.2. The zero-order valence-corrected chi connectivity index (χ0v) is 12.6. The molecule has 0 aromatic heterocycles. The van der Waals surface area contributed by atoms with E-state index in [0.29, 0.717) is 22.3 Å². The van der Waals surface area contributed by atoms with Gasteiger partial charge in [-0.05, 0) is 36.8 Å². The molecule has 1 heterocycles. The van der Waals surface area contributed by atoms with Crippen molar-refractivity contribution in [2.75, 3.05) is 0 Å². The molecule has 1 aliphatic heterocycles. The zero-order chi connectivity index (χ0) is 16.0. The largest absolute Gasteiger partial charge is 0.456 e. The van der Waals surface area contributed by atoms with Crippen molar-refractivity contribution in [3.63, 3.8) is 0 Å². The van der Waals surface area contributed by atoms with Crippen LogP contribution in [0.3, 0.4) is 0 Å². The molecule has 112 valence electrons. The monoisotopic (exact) mass is 303 g/mol. The maximum atomic E-state index is 14.4. The van der Waals surface area contributed by atoms with Gasteiger partial charge >= 0.3 is 0 Å². The molecular formula is C20H14FNO. The minimum absolute atomic E-state index is 0.267. The van der Waals surface area contributed by atoms with Crippen molar-refractivity contribution in [3.05, 3.63) is 77.4 Å². The first-order valence-electron chi connectivity index (χ1n) is 7.40. The molecule has 23 heavy (non-hydrogen) atoms. The van der Waals surface area contributed by atoms with Crippen LogP contribution in [0.25, 0.3) is 33.4 Å². The molecule has 0 saturated carbocycles. The molecule has 4 rings (SSSR count). The molecule has 1 N–H and O–H groups in total. The number of hydrogen-bond acceptors (Lipinski definition) is 2. The maximum absolute atomic E-state index is 14.4. The van der Waals surface area contributed by atoms with Crippen LogP contribution in [0.2, 0.25) is 0 Å². The third kappa shape index (κ3) is 2.21. The van der Waals surface area contributed by atoms with Gasteiger partial charge in [0.1, 0.15) is 17.2 Å². The van der Waals surface area contributed by atoms with Gasteiger partial charge in [0.2, 0.25) is 0 Å². The molecule has 3 heteroatoms. The second-order valence-corrected chi connectivity index (χ2v) is 5.67. The van der Waals surface area contributed by atoms with Crippen LogP contribution in [0.1, 0.15) is 5.56 Å². The quantitative estimate of drug-likeness (QED) is 0.486. The summed E-state index contributed by atoms with van der Waals surface area (Å²) < 4.78 is 20.4. The van der Waals surface area contributed by atoms with Crippen molar-refractivity contribution in [1.82, 2.24) is 0 Å². The standard InChI is InChI=1S/C20H14FNO/c1-12-6-8-15-18(10-12)23-19-11-13(22)7-9-16(19)20(15)14-4-2-3-5-17(14)21/h2-11,22H,1H3. The van der Waals surface area contributed by atoms with E-state index in [4.69, 9.17) is 9.83 Å². The molecule has 1 aliphatic carbocycles. The second-order valence-electron chi connectivity index (χ2n) is 5.67. The van der Waals surface area contributed by atoms with Gasteiger partial charge in [0, 0.05) is 28.1 Å². The molecule has 2 aromatic rings. The highest BCUT2D eigenvalue weighted by Gasteiger charge is 2.18. The fourth-order valence-electron chi connectivity index (χ4n) is 2.95. The lowest BCUT2D eigenvalue weighted by molar-refractivity contribution is 0.617. The van der Waals surface area contributed by atoms with Gasteiger partial charge in [-0.3, -0.25) is 0 Å². The highest BCUT2D eigenvalue weighted by molar-refractivity contribution is 6.01. The molecule has 2 aromatic carbocycles.